The number of aryl methyl sites for hydroxylation is 2. The van der Waals surface area contributed by atoms with Gasteiger partial charge in [-0.05, 0) is 72.3 Å². The minimum Gasteiger partial charge on any atom is -0.0625 e. The molecule has 0 saturated heterocycles. The minimum atomic E-state index is 0.446. The van der Waals surface area contributed by atoms with Gasteiger partial charge in [0.25, 0.3) is 0 Å². The van der Waals surface area contributed by atoms with E-state index in [2.05, 4.69) is 79.7 Å². The fourth-order valence-corrected chi connectivity index (χ4v) is 4.14. The molecule has 2 unspecified atom stereocenters. The summed E-state index contributed by atoms with van der Waals surface area (Å²) in [4.78, 5) is 0. The van der Waals surface area contributed by atoms with Crippen LogP contribution >= 0.6 is 0 Å². The first kappa shape index (κ1) is 21.3. The lowest BCUT2D eigenvalue weighted by Crippen LogP contribution is -2.13. The standard InChI is InChI=1S/C24H42/c1-19(17-23(3,4)5)13-15-21-11-9-10-12-22(21)16-14-20(2)18-24(6,7)8/h9-12,19-20H,13-18H2,1-8H3. The van der Waals surface area contributed by atoms with Crippen molar-refractivity contribution in [2.75, 3.05) is 0 Å². The van der Waals surface area contributed by atoms with Gasteiger partial charge in [0.15, 0.2) is 0 Å². The highest BCUT2D eigenvalue weighted by Gasteiger charge is 2.17. The maximum absolute atomic E-state index is 2.42. The Labute approximate surface area is 152 Å². The first-order valence-corrected chi connectivity index (χ1v) is 10.0. The van der Waals surface area contributed by atoms with Crippen LogP contribution in [0.15, 0.2) is 24.3 Å². The highest BCUT2D eigenvalue weighted by Crippen LogP contribution is 2.29. The van der Waals surface area contributed by atoms with Gasteiger partial charge < -0.3 is 0 Å². The molecule has 0 N–H and O–H groups in total. The molecule has 2 atom stereocenters. The van der Waals surface area contributed by atoms with Crippen LogP contribution in [-0.4, -0.2) is 0 Å². The van der Waals surface area contributed by atoms with Gasteiger partial charge in [-0.25, -0.2) is 0 Å². The second-order valence-electron chi connectivity index (χ2n) is 10.6. The van der Waals surface area contributed by atoms with Gasteiger partial charge in [0.05, 0.1) is 0 Å². The van der Waals surface area contributed by atoms with E-state index < -0.39 is 0 Å². The fourth-order valence-electron chi connectivity index (χ4n) is 4.14. The molecule has 0 nitrogen and oxygen atoms in total. The summed E-state index contributed by atoms with van der Waals surface area (Å²) in [5.74, 6) is 1.61. The molecular weight excluding hydrogens is 288 g/mol. The van der Waals surface area contributed by atoms with Gasteiger partial charge >= 0.3 is 0 Å². The van der Waals surface area contributed by atoms with Crippen molar-refractivity contribution in [1.82, 2.24) is 0 Å². The molecule has 0 saturated carbocycles. The van der Waals surface area contributed by atoms with Crippen molar-refractivity contribution in [3.63, 3.8) is 0 Å². The van der Waals surface area contributed by atoms with Crippen LogP contribution in [-0.2, 0) is 12.8 Å². The number of hydrogen-bond acceptors (Lipinski definition) is 0. The lowest BCUT2D eigenvalue weighted by molar-refractivity contribution is 0.295. The molecule has 0 aromatic heterocycles. The molecule has 0 aliphatic carbocycles. The van der Waals surface area contributed by atoms with E-state index in [9.17, 15) is 0 Å². The van der Waals surface area contributed by atoms with E-state index in [-0.39, 0.29) is 0 Å². The fraction of sp³-hybridized carbons (Fsp3) is 0.750. The Morgan fingerprint density at radius 3 is 1.29 bits per heavy atom. The van der Waals surface area contributed by atoms with Crippen LogP contribution in [0, 0.1) is 22.7 Å². The van der Waals surface area contributed by atoms with Gasteiger partial charge in [0, 0.05) is 0 Å². The van der Waals surface area contributed by atoms with Crippen LogP contribution in [0.5, 0.6) is 0 Å². The Morgan fingerprint density at radius 1 is 0.667 bits per heavy atom. The van der Waals surface area contributed by atoms with E-state index in [0.717, 1.165) is 11.8 Å². The maximum atomic E-state index is 2.42. The summed E-state index contributed by atoms with van der Waals surface area (Å²) >= 11 is 0. The summed E-state index contributed by atoms with van der Waals surface area (Å²) in [7, 11) is 0. The first-order valence-electron chi connectivity index (χ1n) is 10.0. The zero-order chi connectivity index (χ0) is 18.4. The van der Waals surface area contributed by atoms with E-state index in [0.29, 0.717) is 10.8 Å². The van der Waals surface area contributed by atoms with Crippen LogP contribution in [0.25, 0.3) is 0 Å². The molecule has 1 aromatic rings. The summed E-state index contributed by atoms with van der Waals surface area (Å²) < 4.78 is 0. The van der Waals surface area contributed by atoms with E-state index in [1.54, 1.807) is 11.1 Å². The molecule has 1 rings (SSSR count). The summed E-state index contributed by atoms with van der Waals surface area (Å²) in [6.07, 6.45) is 7.73. The third-order valence-corrected chi connectivity index (χ3v) is 4.85. The molecule has 0 aliphatic heterocycles. The van der Waals surface area contributed by atoms with Crippen LogP contribution in [0.4, 0.5) is 0 Å². The smallest absolute Gasteiger partial charge is 0.0274 e. The Hall–Kier alpha value is -0.780. The van der Waals surface area contributed by atoms with Gasteiger partial charge in [-0.15, -0.1) is 0 Å². The summed E-state index contributed by atoms with van der Waals surface area (Å²) in [6, 6.07) is 9.14. The largest absolute Gasteiger partial charge is 0.0625 e. The predicted octanol–water partition coefficient (Wildman–Crippen LogP) is 7.70. The number of rotatable bonds is 8. The van der Waals surface area contributed by atoms with Crippen molar-refractivity contribution in [2.24, 2.45) is 22.7 Å². The van der Waals surface area contributed by atoms with Gasteiger partial charge in [0.1, 0.15) is 0 Å². The normalized spacial score (nSPS) is 15.3. The Bertz CT molecular complexity index is 425. The first-order chi connectivity index (χ1) is 11.0. The van der Waals surface area contributed by atoms with E-state index in [1.165, 1.54) is 38.5 Å². The Morgan fingerprint density at radius 2 is 1.00 bits per heavy atom. The molecule has 0 heteroatoms. The molecule has 138 valence electrons. The molecule has 0 heterocycles. The van der Waals surface area contributed by atoms with Crippen molar-refractivity contribution in [3.8, 4) is 0 Å². The molecule has 24 heavy (non-hydrogen) atoms. The molecule has 1 aromatic carbocycles. The molecule has 0 bridgehead atoms. The number of hydrogen-bond donors (Lipinski definition) is 0. The monoisotopic (exact) mass is 330 g/mol. The average molecular weight is 331 g/mol. The lowest BCUT2D eigenvalue weighted by Gasteiger charge is -2.24. The third kappa shape index (κ3) is 9.50. The van der Waals surface area contributed by atoms with Gasteiger partial charge in [-0.3, -0.25) is 0 Å². The third-order valence-electron chi connectivity index (χ3n) is 4.85. The summed E-state index contributed by atoms with van der Waals surface area (Å²) in [5, 5.41) is 0. The minimum absolute atomic E-state index is 0.446. The number of benzene rings is 1. The Kier molecular flexibility index (Phi) is 8.03. The van der Waals surface area contributed by atoms with Gasteiger partial charge in [-0.1, -0.05) is 79.7 Å². The van der Waals surface area contributed by atoms with E-state index in [4.69, 9.17) is 0 Å². The van der Waals surface area contributed by atoms with E-state index in [1.807, 2.05) is 0 Å². The SMILES string of the molecule is CC(CCc1ccccc1CCC(C)CC(C)(C)C)CC(C)(C)C. The average Bonchev–Trinajstić information content (AvgIpc) is 2.40. The van der Waals surface area contributed by atoms with Crippen molar-refractivity contribution >= 4 is 0 Å². The van der Waals surface area contributed by atoms with E-state index >= 15 is 0 Å². The highest BCUT2D eigenvalue weighted by molar-refractivity contribution is 5.27. The second kappa shape index (κ2) is 9.07. The predicted molar refractivity (Wildman–Crippen MR) is 110 cm³/mol. The van der Waals surface area contributed by atoms with Crippen LogP contribution in [0.1, 0.15) is 92.2 Å². The van der Waals surface area contributed by atoms with Gasteiger partial charge in [0.2, 0.25) is 0 Å². The van der Waals surface area contributed by atoms with Crippen LogP contribution in [0.2, 0.25) is 0 Å². The maximum Gasteiger partial charge on any atom is -0.0274 e. The molecular formula is C24H42. The highest BCUT2D eigenvalue weighted by atomic mass is 14.2. The second-order valence-corrected chi connectivity index (χ2v) is 10.6. The molecule has 0 fully saturated rings. The molecule has 0 radical (unpaired) electrons. The van der Waals surface area contributed by atoms with Crippen molar-refractivity contribution in [2.45, 2.75) is 93.9 Å². The summed E-state index contributed by atoms with van der Waals surface area (Å²) in [6.45, 7) is 19.0. The van der Waals surface area contributed by atoms with Crippen molar-refractivity contribution in [3.05, 3.63) is 35.4 Å². The van der Waals surface area contributed by atoms with Gasteiger partial charge in [-0.2, -0.15) is 0 Å². The Balaban J connectivity index is 2.55. The van der Waals surface area contributed by atoms with Crippen LogP contribution < -0.4 is 0 Å². The van der Waals surface area contributed by atoms with Crippen molar-refractivity contribution in [1.29, 1.82) is 0 Å². The van der Waals surface area contributed by atoms with Crippen LogP contribution in [0.3, 0.4) is 0 Å². The molecule has 0 amide bonds. The summed E-state index contributed by atoms with van der Waals surface area (Å²) in [5.41, 5.74) is 4.06. The quantitative estimate of drug-likeness (QED) is 0.458. The molecule has 0 aliphatic rings. The molecule has 0 spiro atoms. The topological polar surface area (TPSA) is 0 Å². The van der Waals surface area contributed by atoms with Crippen molar-refractivity contribution < 1.29 is 0 Å². The zero-order valence-corrected chi connectivity index (χ0v) is 17.7. The zero-order valence-electron chi connectivity index (χ0n) is 17.7. The lowest BCUT2D eigenvalue weighted by atomic mass is 9.81.